The van der Waals surface area contributed by atoms with E-state index in [9.17, 15) is 4.79 Å². The molecule has 1 aromatic heterocycles. The van der Waals surface area contributed by atoms with Crippen LogP contribution in [0.1, 0.15) is 10.6 Å². The predicted octanol–water partition coefficient (Wildman–Crippen LogP) is 5.79. The van der Waals surface area contributed by atoms with E-state index in [1.165, 1.54) is 0 Å². The predicted molar refractivity (Wildman–Crippen MR) is 109 cm³/mol. The molecule has 0 saturated heterocycles. The average molecular weight is 406 g/mol. The third-order valence-electron chi connectivity index (χ3n) is 3.72. The fourth-order valence-corrected chi connectivity index (χ4v) is 3.69. The molecule has 0 spiro atoms. The van der Waals surface area contributed by atoms with Crippen molar-refractivity contribution >= 4 is 46.3 Å². The first kappa shape index (κ1) is 18.7. The van der Waals surface area contributed by atoms with E-state index < -0.39 is 0 Å². The number of carbonyl (C=O) groups is 1. The third kappa shape index (κ3) is 4.97. The van der Waals surface area contributed by atoms with Crippen molar-refractivity contribution in [3.8, 4) is 10.6 Å². The number of nitrogens with zero attached hydrogens (tertiary/aromatic N) is 1. The first-order chi connectivity index (χ1) is 12.5. The van der Waals surface area contributed by atoms with Crippen LogP contribution in [0.4, 0.5) is 10.5 Å². The van der Waals surface area contributed by atoms with Gasteiger partial charge in [-0.3, -0.25) is 0 Å². The Morgan fingerprint density at radius 3 is 2.31 bits per heavy atom. The molecule has 0 aliphatic carbocycles. The number of amides is 2. The number of hydrogen-bond acceptors (Lipinski definition) is 3. The molecule has 2 N–H and O–H groups in total. The molecular weight excluding hydrogens is 389 g/mol. The third-order valence-corrected chi connectivity index (χ3v) is 5.49. The molecule has 0 fully saturated rings. The molecule has 0 unspecified atom stereocenters. The molecule has 0 aliphatic heterocycles. The van der Waals surface area contributed by atoms with Gasteiger partial charge in [0.2, 0.25) is 0 Å². The normalized spacial score (nSPS) is 10.6. The van der Waals surface area contributed by atoms with Gasteiger partial charge in [0.15, 0.2) is 0 Å². The van der Waals surface area contributed by atoms with E-state index in [1.807, 2.05) is 31.2 Å². The fraction of sp³-hybridized carbons (Fsp3) is 0.158. The van der Waals surface area contributed by atoms with Crippen molar-refractivity contribution in [2.75, 3.05) is 11.9 Å². The van der Waals surface area contributed by atoms with Gasteiger partial charge in [0.05, 0.1) is 5.69 Å². The van der Waals surface area contributed by atoms with Crippen LogP contribution in [0, 0.1) is 6.92 Å². The van der Waals surface area contributed by atoms with Crippen LogP contribution in [-0.2, 0) is 6.42 Å². The standard InChI is InChI=1S/C19H17Cl2N3OS/c1-12-17(26-18(23-12)13-2-4-14(20)5-3-13)10-11-22-19(25)24-16-8-6-15(21)7-9-16/h2-9H,10-11H2,1H3,(H2,22,24,25). The molecule has 134 valence electrons. The number of rotatable bonds is 5. The largest absolute Gasteiger partial charge is 0.338 e. The maximum atomic E-state index is 12.0. The quantitative estimate of drug-likeness (QED) is 0.564. The summed E-state index contributed by atoms with van der Waals surface area (Å²) in [6, 6.07) is 14.4. The lowest BCUT2D eigenvalue weighted by Crippen LogP contribution is -2.30. The smallest absolute Gasteiger partial charge is 0.319 e. The van der Waals surface area contributed by atoms with Crippen molar-refractivity contribution in [1.29, 1.82) is 0 Å². The number of nitrogens with one attached hydrogen (secondary N) is 2. The molecule has 0 radical (unpaired) electrons. The summed E-state index contributed by atoms with van der Waals surface area (Å²) in [7, 11) is 0. The summed E-state index contributed by atoms with van der Waals surface area (Å²) < 4.78 is 0. The molecule has 0 saturated carbocycles. The highest BCUT2D eigenvalue weighted by Gasteiger charge is 2.10. The summed E-state index contributed by atoms with van der Waals surface area (Å²) in [5, 5.41) is 7.93. The van der Waals surface area contributed by atoms with Gasteiger partial charge in [-0.1, -0.05) is 35.3 Å². The highest BCUT2D eigenvalue weighted by atomic mass is 35.5. The summed E-state index contributed by atoms with van der Waals surface area (Å²) in [6.45, 7) is 2.52. The number of hydrogen-bond donors (Lipinski definition) is 2. The van der Waals surface area contributed by atoms with Crippen molar-refractivity contribution in [3.05, 3.63) is 69.1 Å². The second kappa shape index (κ2) is 8.54. The summed E-state index contributed by atoms with van der Waals surface area (Å²) in [4.78, 5) is 17.7. The highest BCUT2D eigenvalue weighted by Crippen LogP contribution is 2.29. The molecule has 26 heavy (non-hydrogen) atoms. The SMILES string of the molecule is Cc1nc(-c2ccc(Cl)cc2)sc1CCNC(=O)Nc1ccc(Cl)cc1. The molecule has 4 nitrogen and oxygen atoms in total. The van der Waals surface area contributed by atoms with E-state index >= 15 is 0 Å². The minimum Gasteiger partial charge on any atom is -0.338 e. The molecule has 7 heteroatoms. The zero-order chi connectivity index (χ0) is 18.5. The van der Waals surface area contributed by atoms with Gasteiger partial charge in [0.25, 0.3) is 0 Å². The zero-order valence-electron chi connectivity index (χ0n) is 14.1. The Labute approximate surface area is 166 Å². The van der Waals surface area contributed by atoms with Crippen molar-refractivity contribution in [3.63, 3.8) is 0 Å². The Hall–Kier alpha value is -2.08. The molecule has 3 rings (SSSR count). The van der Waals surface area contributed by atoms with Gasteiger partial charge in [0.1, 0.15) is 5.01 Å². The van der Waals surface area contributed by atoms with E-state index in [1.54, 1.807) is 35.6 Å². The Kier molecular flexibility index (Phi) is 6.14. The molecular formula is C19H17Cl2N3OS. The number of benzene rings is 2. The molecule has 1 heterocycles. The first-order valence-electron chi connectivity index (χ1n) is 8.04. The van der Waals surface area contributed by atoms with E-state index in [0.717, 1.165) is 27.6 Å². The Morgan fingerprint density at radius 2 is 1.65 bits per heavy atom. The van der Waals surface area contributed by atoms with Crippen LogP contribution in [0.5, 0.6) is 0 Å². The first-order valence-corrected chi connectivity index (χ1v) is 9.61. The maximum Gasteiger partial charge on any atom is 0.319 e. The van der Waals surface area contributed by atoms with Crippen LogP contribution in [0.15, 0.2) is 48.5 Å². The van der Waals surface area contributed by atoms with Crippen molar-refractivity contribution < 1.29 is 4.79 Å². The summed E-state index contributed by atoms with van der Waals surface area (Å²) >= 11 is 13.4. The lowest BCUT2D eigenvalue weighted by molar-refractivity contribution is 0.252. The van der Waals surface area contributed by atoms with Crippen molar-refractivity contribution in [2.45, 2.75) is 13.3 Å². The molecule has 3 aromatic rings. The van der Waals surface area contributed by atoms with Crippen molar-refractivity contribution in [2.24, 2.45) is 0 Å². The van der Waals surface area contributed by atoms with Gasteiger partial charge in [-0.05, 0) is 43.3 Å². The van der Waals surface area contributed by atoms with Crippen LogP contribution in [0.2, 0.25) is 10.0 Å². The second-order valence-electron chi connectivity index (χ2n) is 5.67. The minimum absolute atomic E-state index is 0.243. The maximum absolute atomic E-state index is 12.0. The molecule has 2 amide bonds. The van der Waals surface area contributed by atoms with E-state index in [-0.39, 0.29) is 6.03 Å². The minimum atomic E-state index is -0.243. The topological polar surface area (TPSA) is 54.0 Å². The van der Waals surface area contributed by atoms with Crippen LogP contribution >= 0.6 is 34.5 Å². The highest BCUT2D eigenvalue weighted by molar-refractivity contribution is 7.15. The van der Waals surface area contributed by atoms with Gasteiger partial charge < -0.3 is 10.6 Å². The lowest BCUT2D eigenvalue weighted by atomic mass is 10.2. The second-order valence-corrected chi connectivity index (χ2v) is 7.63. The summed E-state index contributed by atoms with van der Waals surface area (Å²) in [5.41, 5.74) is 2.73. The zero-order valence-corrected chi connectivity index (χ0v) is 16.4. The number of halogens is 2. The van der Waals surface area contributed by atoms with Crippen LogP contribution in [0.3, 0.4) is 0 Å². The van der Waals surface area contributed by atoms with Gasteiger partial charge in [-0.2, -0.15) is 0 Å². The number of anilines is 1. The van der Waals surface area contributed by atoms with Crippen molar-refractivity contribution in [1.82, 2.24) is 10.3 Å². The molecule has 0 aliphatic rings. The van der Waals surface area contributed by atoms with Gasteiger partial charge >= 0.3 is 6.03 Å². The Bertz CT molecular complexity index is 892. The van der Waals surface area contributed by atoms with Gasteiger partial charge in [-0.25, -0.2) is 9.78 Å². The summed E-state index contributed by atoms with van der Waals surface area (Å²) in [5.74, 6) is 0. The van der Waals surface area contributed by atoms with Crippen LogP contribution in [-0.4, -0.2) is 17.6 Å². The number of thiazole rings is 1. The lowest BCUT2D eigenvalue weighted by Gasteiger charge is -2.07. The number of aromatic nitrogens is 1. The van der Waals surface area contributed by atoms with Crippen LogP contribution in [0.25, 0.3) is 10.6 Å². The van der Waals surface area contributed by atoms with Gasteiger partial charge in [0, 0.05) is 39.1 Å². The van der Waals surface area contributed by atoms with E-state index in [0.29, 0.717) is 22.3 Å². The van der Waals surface area contributed by atoms with Crippen LogP contribution < -0.4 is 10.6 Å². The summed E-state index contributed by atoms with van der Waals surface area (Å²) in [6.07, 6.45) is 0.727. The number of carbonyl (C=O) groups excluding carboxylic acids is 1. The Morgan fingerprint density at radius 1 is 1.04 bits per heavy atom. The van der Waals surface area contributed by atoms with E-state index in [2.05, 4.69) is 15.6 Å². The monoisotopic (exact) mass is 405 g/mol. The van der Waals surface area contributed by atoms with E-state index in [4.69, 9.17) is 23.2 Å². The average Bonchev–Trinajstić information content (AvgIpc) is 2.98. The molecule has 0 atom stereocenters. The Balaban J connectivity index is 1.54. The number of urea groups is 1. The number of aryl methyl sites for hydroxylation is 1. The fourth-order valence-electron chi connectivity index (χ4n) is 2.37. The molecule has 0 bridgehead atoms. The molecule has 2 aromatic carbocycles. The van der Waals surface area contributed by atoms with Gasteiger partial charge in [-0.15, -0.1) is 11.3 Å².